The molecule has 4 N–H and O–H groups in total. The Bertz CT molecular complexity index is 1050. The molecule has 49 heavy (non-hydrogen) atoms. The lowest BCUT2D eigenvalue weighted by Gasteiger charge is -2.38. The number of hydrogen-bond donors (Lipinski definition) is 4. The Kier molecular flexibility index (Phi) is 25.7. The van der Waals surface area contributed by atoms with Crippen molar-refractivity contribution in [1.82, 2.24) is 0 Å². The molecular formula is C38H60O11. The number of unbranched alkanes of at least 4 members (excludes halogenated alkanes) is 6. The Morgan fingerprint density at radius 1 is 0.653 bits per heavy atom. The topological polar surface area (TPSA) is 169 Å². The van der Waals surface area contributed by atoms with Crippen LogP contribution in [0.2, 0.25) is 0 Å². The van der Waals surface area contributed by atoms with Crippen LogP contribution in [0.5, 0.6) is 0 Å². The Labute approximate surface area is 292 Å². The third-order valence-corrected chi connectivity index (χ3v) is 7.60. The van der Waals surface area contributed by atoms with E-state index in [2.05, 4.69) is 62.5 Å². The normalized spacial score (nSPS) is 22.2. The lowest BCUT2D eigenvalue weighted by Crippen LogP contribution is -2.60. The van der Waals surface area contributed by atoms with E-state index in [-0.39, 0.29) is 19.4 Å². The van der Waals surface area contributed by atoms with Gasteiger partial charge in [-0.15, -0.1) is 0 Å². The van der Waals surface area contributed by atoms with E-state index >= 15 is 0 Å². The lowest BCUT2D eigenvalue weighted by molar-refractivity contribution is -0.298. The minimum atomic E-state index is -1.87. The molecule has 0 aliphatic carbocycles. The Balaban J connectivity index is 2.54. The summed E-state index contributed by atoms with van der Waals surface area (Å²) in [4.78, 5) is 36.4. The number of esters is 2. The molecule has 0 saturated carbocycles. The van der Waals surface area contributed by atoms with Crippen molar-refractivity contribution in [2.24, 2.45) is 0 Å². The van der Waals surface area contributed by atoms with Gasteiger partial charge in [-0.2, -0.15) is 0 Å². The van der Waals surface area contributed by atoms with Crippen LogP contribution in [0, 0.1) is 0 Å². The molecule has 278 valence electrons. The van der Waals surface area contributed by atoms with Crippen molar-refractivity contribution in [2.75, 3.05) is 13.2 Å². The maximum absolute atomic E-state index is 12.6. The van der Waals surface area contributed by atoms with Crippen LogP contribution in [0.1, 0.15) is 110 Å². The van der Waals surface area contributed by atoms with Gasteiger partial charge < -0.3 is 39.4 Å². The van der Waals surface area contributed by atoms with E-state index in [0.29, 0.717) is 12.8 Å². The molecular weight excluding hydrogens is 632 g/mol. The number of allylic oxidation sites excluding steroid dienone is 10. The predicted octanol–water partition coefficient (Wildman–Crippen LogP) is 6.02. The van der Waals surface area contributed by atoms with Gasteiger partial charge in [0.05, 0.1) is 6.61 Å². The maximum Gasteiger partial charge on any atom is 0.335 e. The third-order valence-electron chi connectivity index (χ3n) is 7.60. The zero-order valence-electron chi connectivity index (χ0n) is 29.4. The van der Waals surface area contributed by atoms with Crippen LogP contribution in [-0.2, 0) is 33.3 Å². The van der Waals surface area contributed by atoms with E-state index in [0.717, 1.165) is 70.6 Å². The Morgan fingerprint density at radius 2 is 1.24 bits per heavy atom. The van der Waals surface area contributed by atoms with Gasteiger partial charge in [0.1, 0.15) is 24.9 Å². The summed E-state index contributed by atoms with van der Waals surface area (Å²) < 4.78 is 21.5. The number of hydrogen-bond acceptors (Lipinski definition) is 10. The first-order chi connectivity index (χ1) is 23.7. The van der Waals surface area contributed by atoms with Gasteiger partial charge in [0.15, 0.2) is 18.5 Å². The first-order valence-electron chi connectivity index (χ1n) is 17.8. The van der Waals surface area contributed by atoms with E-state index in [1.807, 2.05) is 12.2 Å². The quantitative estimate of drug-likeness (QED) is 0.0451. The second-order valence-corrected chi connectivity index (χ2v) is 12.0. The third kappa shape index (κ3) is 21.6. The fourth-order valence-electron chi connectivity index (χ4n) is 4.77. The highest BCUT2D eigenvalue weighted by Gasteiger charge is 2.47. The fraction of sp³-hybridized carbons (Fsp3) is 0.658. The van der Waals surface area contributed by atoms with Crippen molar-refractivity contribution in [3.8, 4) is 0 Å². The minimum Gasteiger partial charge on any atom is -0.479 e. The van der Waals surface area contributed by atoms with Crippen LogP contribution in [0.4, 0.5) is 0 Å². The molecule has 0 aromatic carbocycles. The summed E-state index contributed by atoms with van der Waals surface area (Å²) in [7, 11) is 0. The molecule has 6 unspecified atom stereocenters. The van der Waals surface area contributed by atoms with E-state index in [9.17, 15) is 34.8 Å². The minimum absolute atomic E-state index is 0.110. The van der Waals surface area contributed by atoms with Gasteiger partial charge in [-0.3, -0.25) is 9.59 Å². The smallest absolute Gasteiger partial charge is 0.335 e. The van der Waals surface area contributed by atoms with Crippen molar-refractivity contribution in [3.05, 3.63) is 60.8 Å². The van der Waals surface area contributed by atoms with Gasteiger partial charge in [0.25, 0.3) is 0 Å². The number of ether oxygens (including phenoxy) is 4. The number of carboxylic acid groups (broad SMARTS) is 1. The van der Waals surface area contributed by atoms with Crippen LogP contribution in [0.15, 0.2) is 60.8 Å². The monoisotopic (exact) mass is 692 g/mol. The number of carbonyl (C=O) groups is 3. The van der Waals surface area contributed by atoms with E-state index in [1.54, 1.807) is 0 Å². The molecule has 1 rings (SSSR count). The number of carboxylic acids is 1. The molecule has 1 aliphatic rings. The largest absolute Gasteiger partial charge is 0.479 e. The summed E-state index contributed by atoms with van der Waals surface area (Å²) in [5.41, 5.74) is 0. The van der Waals surface area contributed by atoms with E-state index in [4.69, 9.17) is 18.9 Å². The highest BCUT2D eigenvalue weighted by atomic mass is 16.7. The second-order valence-electron chi connectivity index (χ2n) is 12.0. The molecule has 11 nitrogen and oxygen atoms in total. The first kappa shape index (κ1) is 43.9. The number of rotatable bonds is 27. The predicted molar refractivity (Wildman–Crippen MR) is 187 cm³/mol. The summed E-state index contributed by atoms with van der Waals surface area (Å²) in [6, 6.07) is 0. The molecule has 0 bridgehead atoms. The Morgan fingerprint density at radius 3 is 1.90 bits per heavy atom. The molecule has 0 spiro atoms. The Hall–Kier alpha value is -3.09. The molecule has 1 aliphatic heterocycles. The molecule has 1 fully saturated rings. The van der Waals surface area contributed by atoms with Gasteiger partial charge >= 0.3 is 17.9 Å². The molecule has 6 atom stereocenters. The SMILES string of the molecule is CC/C=C\C/C=C\C/C=C\C/C=C\CCC(=O)OCC(COC1OC(C(=O)O)C(O)C(O)C1O)OC(=O)CCCCCCC/C=C\CCC. The standard InChI is InChI=1S/C38H60O11/c1-3-5-7-9-11-13-15-16-17-19-20-22-24-26-31(39)46-28-30(29-47-38-35(43)33(41)34(42)36(49-38)37(44)45)48-32(40)27-25-23-21-18-14-12-10-8-6-4-2/h5,7-8,10-11,13,16-17,20,22,30,33-36,38,41-43H,3-4,6,9,12,14-15,18-19,21,23-29H2,1-2H3,(H,44,45)/b7-5-,10-8-,13-11-,17-16-,22-20-. The first-order valence-corrected chi connectivity index (χ1v) is 17.8. The fourth-order valence-corrected chi connectivity index (χ4v) is 4.77. The molecule has 0 amide bonds. The van der Waals surface area contributed by atoms with Gasteiger partial charge in [-0.1, -0.05) is 100 Å². The maximum atomic E-state index is 12.6. The number of aliphatic hydroxyl groups is 3. The number of aliphatic carboxylic acids is 1. The van der Waals surface area contributed by atoms with Crippen LogP contribution in [-0.4, -0.2) is 88.4 Å². The highest BCUT2D eigenvalue weighted by molar-refractivity contribution is 5.73. The van der Waals surface area contributed by atoms with Crippen LogP contribution < -0.4 is 0 Å². The molecule has 1 heterocycles. The van der Waals surface area contributed by atoms with Gasteiger partial charge in [-0.25, -0.2) is 4.79 Å². The molecule has 1 saturated heterocycles. The van der Waals surface area contributed by atoms with Gasteiger partial charge in [0.2, 0.25) is 0 Å². The van der Waals surface area contributed by atoms with Gasteiger partial charge in [-0.05, 0) is 57.8 Å². The van der Waals surface area contributed by atoms with Crippen molar-refractivity contribution in [1.29, 1.82) is 0 Å². The van der Waals surface area contributed by atoms with E-state index < -0.39 is 61.3 Å². The molecule has 0 radical (unpaired) electrons. The summed E-state index contributed by atoms with van der Waals surface area (Å²) in [5.74, 6) is -2.58. The average molecular weight is 693 g/mol. The average Bonchev–Trinajstić information content (AvgIpc) is 3.08. The number of aliphatic hydroxyl groups excluding tert-OH is 3. The van der Waals surface area contributed by atoms with Crippen molar-refractivity contribution >= 4 is 17.9 Å². The summed E-state index contributed by atoms with van der Waals surface area (Å²) in [6.07, 6.45) is 23.2. The zero-order valence-corrected chi connectivity index (χ0v) is 29.4. The van der Waals surface area contributed by atoms with Crippen LogP contribution in [0.25, 0.3) is 0 Å². The lowest BCUT2D eigenvalue weighted by atomic mass is 9.99. The number of carbonyl (C=O) groups excluding carboxylic acids is 2. The molecule has 0 aromatic heterocycles. The second kappa shape index (κ2) is 28.7. The highest BCUT2D eigenvalue weighted by Crippen LogP contribution is 2.23. The van der Waals surface area contributed by atoms with Crippen molar-refractivity contribution in [3.63, 3.8) is 0 Å². The van der Waals surface area contributed by atoms with Crippen LogP contribution in [0.3, 0.4) is 0 Å². The zero-order chi connectivity index (χ0) is 36.1. The summed E-state index contributed by atoms with van der Waals surface area (Å²) >= 11 is 0. The van der Waals surface area contributed by atoms with Crippen molar-refractivity contribution in [2.45, 2.75) is 147 Å². The summed E-state index contributed by atoms with van der Waals surface area (Å²) in [6.45, 7) is 3.50. The van der Waals surface area contributed by atoms with Crippen molar-refractivity contribution < 1.29 is 53.8 Å². The molecule has 11 heteroatoms. The van der Waals surface area contributed by atoms with Gasteiger partial charge in [0, 0.05) is 12.8 Å². The van der Waals surface area contributed by atoms with E-state index in [1.165, 1.54) is 0 Å². The molecule has 0 aromatic rings. The van der Waals surface area contributed by atoms with Crippen LogP contribution >= 0.6 is 0 Å². The summed E-state index contributed by atoms with van der Waals surface area (Å²) in [5, 5.41) is 39.5.